The first kappa shape index (κ1) is 16.5. The van der Waals surface area contributed by atoms with Gasteiger partial charge in [-0.25, -0.2) is 9.59 Å². The molecule has 1 aliphatic heterocycles. The van der Waals surface area contributed by atoms with Crippen LogP contribution in [0.3, 0.4) is 0 Å². The Morgan fingerprint density at radius 2 is 1.80 bits per heavy atom. The van der Waals surface area contributed by atoms with E-state index in [-0.39, 0.29) is 11.4 Å². The second-order valence-corrected chi connectivity index (χ2v) is 6.88. The van der Waals surface area contributed by atoms with Crippen molar-refractivity contribution in [2.24, 2.45) is 5.41 Å². The van der Waals surface area contributed by atoms with E-state index < -0.39 is 11.5 Å². The quantitative estimate of drug-likeness (QED) is 0.792. The van der Waals surface area contributed by atoms with Crippen molar-refractivity contribution in [3.05, 3.63) is 11.6 Å². The van der Waals surface area contributed by atoms with E-state index in [1.54, 1.807) is 11.9 Å². The van der Waals surface area contributed by atoms with Crippen LogP contribution in [0.4, 0.5) is 4.79 Å². The van der Waals surface area contributed by atoms with Gasteiger partial charge in [0.15, 0.2) is 0 Å². The van der Waals surface area contributed by atoms with Crippen molar-refractivity contribution in [2.75, 3.05) is 20.1 Å². The fourth-order valence-corrected chi connectivity index (χ4v) is 2.12. The molecule has 20 heavy (non-hydrogen) atoms. The summed E-state index contributed by atoms with van der Waals surface area (Å²) in [5.74, 6) is -1.00. The van der Waals surface area contributed by atoms with E-state index in [9.17, 15) is 14.7 Å². The fourth-order valence-electron chi connectivity index (χ4n) is 2.12. The number of nitrogens with zero attached hydrogens (tertiary/aromatic N) is 2. The minimum Gasteiger partial charge on any atom is -0.480 e. The lowest BCUT2D eigenvalue weighted by Gasteiger charge is -2.38. The summed E-state index contributed by atoms with van der Waals surface area (Å²) >= 11 is 0. The molecule has 5 nitrogen and oxygen atoms in total. The fraction of sp³-hybridized carbons (Fsp3) is 0.733. The highest BCUT2D eigenvalue weighted by Gasteiger charge is 2.37. The summed E-state index contributed by atoms with van der Waals surface area (Å²) in [4.78, 5) is 26.6. The van der Waals surface area contributed by atoms with Crippen LogP contribution in [0.2, 0.25) is 0 Å². The van der Waals surface area contributed by atoms with E-state index in [1.807, 2.05) is 0 Å². The van der Waals surface area contributed by atoms with E-state index in [4.69, 9.17) is 0 Å². The molecule has 0 bridgehead atoms. The number of carbonyl (C=O) groups excluding carboxylic acids is 1. The third-order valence-electron chi connectivity index (χ3n) is 4.09. The number of aliphatic carboxylic acids is 1. The largest absolute Gasteiger partial charge is 0.480 e. The van der Waals surface area contributed by atoms with E-state index in [2.05, 4.69) is 26.8 Å². The molecule has 5 heteroatoms. The van der Waals surface area contributed by atoms with Gasteiger partial charge in [-0.3, -0.25) is 0 Å². The first-order valence-corrected chi connectivity index (χ1v) is 6.93. The normalized spacial score (nSPS) is 16.7. The zero-order valence-electron chi connectivity index (χ0n) is 13.4. The predicted molar refractivity (Wildman–Crippen MR) is 78.6 cm³/mol. The molecule has 1 rings (SSSR count). The summed E-state index contributed by atoms with van der Waals surface area (Å²) in [5, 5.41) is 9.18. The molecule has 2 amide bonds. The third kappa shape index (κ3) is 3.32. The van der Waals surface area contributed by atoms with Gasteiger partial charge >= 0.3 is 12.0 Å². The van der Waals surface area contributed by atoms with Gasteiger partial charge in [0.2, 0.25) is 0 Å². The number of likely N-dealkylation sites (N-methyl/N-ethyl adjacent to an activating group) is 1. The number of hydrogen-bond acceptors (Lipinski definition) is 2. The van der Waals surface area contributed by atoms with Crippen LogP contribution in [0.1, 0.15) is 41.0 Å². The number of urea groups is 1. The Bertz CT molecular complexity index is 433. The summed E-state index contributed by atoms with van der Waals surface area (Å²) < 4.78 is 0. The first-order chi connectivity index (χ1) is 8.98. The molecule has 0 unspecified atom stereocenters. The first-order valence-electron chi connectivity index (χ1n) is 6.93. The lowest BCUT2D eigenvalue weighted by atomic mass is 9.83. The number of carboxylic acids is 1. The highest BCUT2D eigenvalue weighted by atomic mass is 16.4. The molecule has 0 radical (unpaired) electrons. The van der Waals surface area contributed by atoms with Gasteiger partial charge in [-0.2, -0.15) is 0 Å². The minimum absolute atomic E-state index is 0.126. The van der Waals surface area contributed by atoms with Gasteiger partial charge in [0.1, 0.15) is 5.54 Å². The topological polar surface area (TPSA) is 60.9 Å². The second-order valence-electron chi connectivity index (χ2n) is 6.88. The van der Waals surface area contributed by atoms with Crippen molar-refractivity contribution in [3.8, 4) is 0 Å². The van der Waals surface area contributed by atoms with E-state index in [1.165, 1.54) is 24.3 Å². The molecule has 0 aromatic rings. The van der Waals surface area contributed by atoms with Gasteiger partial charge < -0.3 is 14.9 Å². The Morgan fingerprint density at radius 1 is 1.25 bits per heavy atom. The summed E-state index contributed by atoms with van der Waals surface area (Å²) in [6.07, 6.45) is 2.93. The maximum Gasteiger partial charge on any atom is 0.329 e. The zero-order valence-corrected chi connectivity index (χ0v) is 13.4. The van der Waals surface area contributed by atoms with E-state index in [0.29, 0.717) is 13.1 Å². The molecule has 0 atom stereocenters. The zero-order chi connectivity index (χ0) is 15.7. The maximum atomic E-state index is 12.4. The van der Waals surface area contributed by atoms with Crippen LogP contribution < -0.4 is 0 Å². The number of rotatable bonds is 2. The van der Waals surface area contributed by atoms with Crippen molar-refractivity contribution in [1.29, 1.82) is 0 Å². The monoisotopic (exact) mass is 282 g/mol. The van der Waals surface area contributed by atoms with Crippen LogP contribution in [-0.2, 0) is 4.79 Å². The molecule has 114 valence electrons. The van der Waals surface area contributed by atoms with Crippen LogP contribution in [0, 0.1) is 5.41 Å². The summed E-state index contributed by atoms with van der Waals surface area (Å²) in [6.45, 7) is 10.7. The molecule has 0 saturated carbocycles. The smallest absolute Gasteiger partial charge is 0.329 e. The van der Waals surface area contributed by atoms with Crippen molar-refractivity contribution < 1.29 is 14.7 Å². The lowest BCUT2D eigenvalue weighted by Crippen LogP contribution is -2.55. The van der Waals surface area contributed by atoms with Crippen LogP contribution in [0.15, 0.2) is 11.6 Å². The van der Waals surface area contributed by atoms with E-state index in [0.717, 1.165) is 6.42 Å². The third-order valence-corrected chi connectivity index (χ3v) is 4.09. The Kier molecular flexibility index (Phi) is 4.52. The predicted octanol–water partition coefficient (Wildman–Crippen LogP) is 2.58. The van der Waals surface area contributed by atoms with E-state index >= 15 is 0 Å². The lowest BCUT2D eigenvalue weighted by molar-refractivity contribution is -0.147. The average Bonchev–Trinajstić information content (AvgIpc) is 2.35. The summed E-state index contributed by atoms with van der Waals surface area (Å²) in [5.41, 5.74) is 0.272. The van der Waals surface area contributed by atoms with Crippen molar-refractivity contribution in [2.45, 2.75) is 46.6 Å². The van der Waals surface area contributed by atoms with Gasteiger partial charge in [0.25, 0.3) is 0 Å². The molecule has 0 aromatic carbocycles. The molecule has 0 spiro atoms. The SMILES string of the molecule is CN(C(=O)N1CC=C(C(C)(C)C)CC1)C(C)(C)C(=O)O. The summed E-state index contributed by atoms with van der Waals surface area (Å²) in [7, 11) is 1.54. The van der Waals surface area contributed by atoms with Gasteiger partial charge in [0, 0.05) is 20.1 Å². The Balaban J connectivity index is 2.78. The molecule has 1 heterocycles. The van der Waals surface area contributed by atoms with Crippen molar-refractivity contribution >= 4 is 12.0 Å². The number of hydrogen-bond donors (Lipinski definition) is 1. The summed E-state index contributed by atoms with van der Waals surface area (Å²) in [6, 6.07) is -0.235. The van der Waals surface area contributed by atoms with Gasteiger partial charge in [-0.1, -0.05) is 32.4 Å². The van der Waals surface area contributed by atoms with Crippen LogP contribution in [-0.4, -0.2) is 52.6 Å². The Hall–Kier alpha value is -1.52. The Labute approximate surface area is 121 Å². The highest BCUT2D eigenvalue weighted by molar-refractivity contribution is 5.85. The van der Waals surface area contributed by atoms with Crippen LogP contribution >= 0.6 is 0 Å². The average molecular weight is 282 g/mol. The molecule has 0 aromatic heterocycles. The maximum absolute atomic E-state index is 12.4. The van der Waals surface area contributed by atoms with Crippen molar-refractivity contribution in [1.82, 2.24) is 9.80 Å². The van der Waals surface area contributed by atoms with Gasteiger partial charge in [-0.15, -0.1) is 0 Å². The minimum atomic E-state index is -1.20. The number of amides is 2. The molecule has 0 fully saturated rings. The van der Waals surface area contributed by atoms with Crippen molar-refractivity contribution in [3.63, 3.8) is 0 Å². The van der Waals surface area contributed by atoms with Gasteiger partial charge in [-0.05, 0) is 25.7 Å². The Morgan fingerprint density at radius 3 is 2.15 bits per heavy atom. The molecular formula is C15H26N2O3. The number of carbonyl (C=O) groups is 2. The molecule has 1 N–H and O–H groups in total. The molecule has 0 aliphatic carbocycles. The molecular weight excluding hydrogens is 256 g/mol. The second kappa shape index (κ2) is 5.46. The standard InChI is InChI=1S/C15H26N2O3/c1-14(2,3)11-7-9-17(10-8-11)13(20)16(6)15(4,5)12(18)19/h7H,8-10H2,1-6H3,(H,18,19). The highest BCUT2D eigenvalue weighted by Crippen LogP contribution is 2.30. The molecule has 0 saturated heterocycles. The number of carboxylic acid groups (broad SMARTS) is 1. The van der Waals surface area contributed by atoms with Crippen LogP contribution in [0.5, 0.6) is 0 Å². The molecule has 1 aliphatic rings. The van der Waals surface area contributed by atoms with Crippen LogP contribution in [0.25, 0.3) is 0 Å². The van der Waals surface area contributed by atoms with Gasteiger partial charge in [0.05, 0.1) is 0 Å².